The van der Waals surface area contributed by atoms with Crippen LogP contribution in [0.1, 0.15) is 32.7 Å². The summed E-state index contributed by atoms with van der Waals surface area (Å²) in [5.41, 5.74) is 3.38. The number of amides is 1. The van der Waals surface area contributed by atoms with Gasteiger partial charge in [0.2, 0.25) is 0 Å². The van der Waals surface area contributed by atoms with E-state index in [0.29, 0.717) is 16.9 Å². The molecule has 0 aliphatic carbocycles. The molecule has 2 aromatic carbocycles. The predicted octanol–water partition coefficient (Wildman–Crippen LogP) is 4.63. The lowest BCUT2D eigenvalue weighted by Crippen LogP contribution is -2.18. The molecule has 0 aliphatic heterocycles. The highest BCUT2D eigenvalue weighted by molar-refractivity contribution is 6.05. The minimum atomic E-state index is -4.60. The number of halogens is 3. The highest BCUT2D eigenvalue weighted by atomic mass is 19.4. The Kier molecular flexibility index (Phi) is 7.27. The summed E-state index contributed by atoms with van der Waals surface area (Å²) in [5.74, 6) is -0.428. The molecule has 0 saturated carbocycles. The fraction of sp³-hybridized carbons (Fsp3) is 0.308. The lowest BCUT2D eigenvalue weighted by Gasteiger charge is -2.20. The van der Waals surface area contributed by atoms with Crippen LogP contribution in [0.4, 0.5) is 18.9 Å². The quantitative estimate of drug-likeness (QED) is 0.377. The summed E-state index contributed by atoms with van der Waals surface area (Å²) in [5, 5.41) is 15.3. The number of hydrogen-bond acceptors (Lipinski definition) is 6. The fourth-order valence-corrected chi connectivity index (χ4v) is 4.09. The van der Waals surface area contributed by atoms with Crippen molar-refractivity contribution in [1.82, 2.24) is 29.7 Å². The van der Waals surface area contributed by atoms with Crippen molar-refractivity contribution in [1.29, 1.82) is 0 Å². The lowest BCUT2D eigenvalue weighted by atomic mass is 10.1. The number of ether oxygens (including phenoxy) is 1. The SMILES string of the molecule is COc1c(CN(C)C)cc(C(F)(F)F)cc1NC(=O)c1ccc(C)c(-n2cc(-c3cnn(C)c3C)nn2)c1. The average Bonchev–Trinajstić information content (AvgIpc) is 3.45. The number of alkyl halides is 3. The second-order valence-corrected chi connectivity index (χ2v) is 9.22. The van der Waals surface area contributed by atoms with Crippen molar-refractivity contribution >= 4 is 11.6 Å². The Labute approximate surface area is 217 Å². The molecule has 12 heteroatoms. The number of hydrogen-bond donors (Lipinski definition) is 1. The number of nitrogens with one attached hydrogen (secondary N) is 1. The summed E-state index contributed by atoms with van der Waals surface area (Å²) in [6.07, 6.45) is -1.16. The van der Waals surface area contributed by atoms with Crippen molar-refractivity contribution < 1.29 is 22.7 Å². The van der Waals surface area contributed by atoms with Gasteiger partial charge in [0.25, 0.3) is 5.91 Å². The first kappa shape index (κ1) is 26.9. The highest BCUT2D eigenvalue weighted by Crippen LogP contribution is 2.38. The molecule has 4 aromatic rings. The third kappa shape index (κ3) is 5.40. The van der Waals surface area contributed by atoms with Gasteiger partial charge in [-0.15, -0.1) is 5.10 Å². The number of anilines is 1. The maximum absolute atomic E-state index is 13.6. The van der Waals surface area contributed by atoms with E-state index in [2.05, 4.69) is 20.7 Å². The summed E-state index contributed by atoms with van der Waals surface area (Å²) in [6, 6.07) is 6.86. The van der Waals surface area contributed by atoms with Crippen molar-refractivity contribution in [2.45, 2.75) is 26.6 Å². The predicted molar refractivity (Wildman–Crippen MR) is 136 cm³/mol. The highest BCUT2D eigenvalue weighted by Gasteiger charge is 2.33. The zero-order chi connectivity index (χ0) is 27.8. The third-order valence-corrected chi connectivity index (χ3v) is 6.15. The van der Waals surface area contributed by atoms with Gasteiger partial charge in [-0.25, -0.2) is 4.68 Å². The topological polar surface area (TPSA) is 90.1 Å². The first-order valence-electron chi connectivity index (χ1n) is 11.7. The Balaban J connectivity index is 1.69. The van der Waals surface area contributed by atoms with Crippen LogP contribution in [0.5, 0.6) is 5.75 Å². The Bertz CT molecular complexity index is 1490. The standard InChI is InChI=1S/C26H28F3N7O2/c1-15-7-8-17(10-23(15)36-14-22(32-33-36)20-12-30-35(5)16(20)2)25(37)31-21-11-19(26(27,28)29)9-18(13-34(3)4)24(21)38-6/h7-12,14H,13H2,1-6H3,(H,31,37). The van der Waals surface area contributed by atoms with E-state index >= 15 is 0 Å². The van der Waals surface area contributed by atoms with E-state index in [1.165, 1.54) is 7.11 Å². The minimum Gasteiger partial charge on any atom is -0.494 e. The molecule has 0 radical (unpaired) electrons. The molecule has 2 aromatic heterocycles. The van der Waals surface area contributed by atoms with Crippen molar-refractivity contribution in [3.05, 3.63) is 70.7 Å². The molecule has 0 spiro atoms. The summed E-state index contributed by atoms with van der Waals surface area (Å²) in [6.45, 7) is 3.97. The van der Waals surface area contributed by atoms with Gasteiger partial charge in [0.05, 0.1) is 36.4 Å². The van der Waals surface area contributed by atoms with Gasteiger partial charge in [-0.2, -0.15) is 18.3 Å². The number of rotatable bonds is 7. The molecule has 9 nitrogen and oxygen atoms in total. The largest absolute Gasteiger partial charge is 0.494 e. The maximum Gasteiger partial charge on any atom is 0.416 e. The molecule has 0 fully saturated rings. The molecule has 1 N–H and O–H groups in total. The van der Waals surface area contributed by atoms with E-state index < -0.39 is 17.6 Å². The molecule has 0 bridgehead atoms. The zero-order valence-electron chi connectivity index (χ0n) is 21.9. The van der Waals surface area contributed by atoms with E-state index in [-0.39, 0.29) is 23.5 Å². The van der Waals surface area contributed by atoms with E-state index in [1.54, 1.807) is 59.0 Å². The van der Waals surface area contributed by atoms with Gasteiger partial charge in [0, 0.05) is 36.0 Å². The van der Waals surface area contributed by atoms with Crippen molar-refractivity contribution in [3.8, 4) is 22.7 Å². The van der Waals surface area contributed by atoms with Crippen LogP contribution in [-0.4, -0.2) is 56.8 Å². The number of carbonyl (C=O) groups excluding carboxylic acids is 1. The first-order chi connectivity index (χ1) is 17.9. The second-order valence-electron chi connectivity index (χ2n) is 9.22. The number of methoxy groups -OCH3 is 1. The normalized spacial score (nSPS) is 11.7. The average molecular weight is 528 g/mol. The van der Waals surface area contributed by atoms with Gasteiger partial charge in [-0.3, -0.25) is 9.48 Å². The third-order valence-electron chi connectivity index (χ3n) is 6.15. The number of aromatic nitrogens is 5. The van der Waals surface area contributed by atoms with Crippen molar-refractivity contribution in [2.75, 3.05) is 26.5 Å². The number of nitrogens with zero attached hydrogens (tertiary/aromatic N) is 6. The van der Waals surface area contributed by atoms with Crippen LogP contribution in [0, 0.1) is 13.8 Å². The summed E-state index contributed by atoms with van der Waals surface area (Å²) in [7, 11) is 6.65. The van der Waals surface area contributed by atoms with Crippen LogP contribution < -0.4 is 10.1 Å². The molecule has 0 unspecified atom stereocenters. The van der Waals surface area contributed by atoms with Crippen LogP contribution in [0.15, 0.2) is 42.7 Å². The molecular weight excluding hydrogens is 499 g/mol. The smallest absolute Gasteiger partial charge is 0.416 e. The monoisotopic (exact) mass is 527 g/mol. The molecule has 0 aliphatic rings. The van der Waals surface area contributed by atoms with Gasteiger partial charge >= 0.3 is 6.18 Å². The Morgan fingerprint density at radius 2 is 1.89 bits per heavy atom. The number of benzene rings is 2. The maximum atomic E-state index is 13.6. The van der Waals surface area contributed by atoms with Crippen LogP contribution >= 0.6 is 0 Å². The Morgan fingerprint density at radius 3 is 2.50 bits per heavy atom. The molecule has 0 atom stereocenters. The molecule has 0 saturated heterocycles. The minimum absolute atomic E-state index is 0.0682. The molecule has 4 rings (SSSR count). The fourth-order valence-electron chi connectivity index (χ4n) is 4.09. The van der Waals surface area contributed by atoms with Crippen molar-refractivity contribution in [3.63, 3.8) is 0 Å². The molecule has 38 heavy (non-hydrogen) atoms. The van der Waals surface area contributed by atoms with Crippen molar-refractivity contribution in [2.24, 2.45) is 7.05 Å². The lowest BCUT2D eigenvalue weighted by molar-refractivity contribution is -0.137. The molecule has 2 heterocycles. The van der Waals surface area contributed by atoms with Gasteiger partial charge in [-0.05, 0) is 57.8 Å². The Morgan fingerprint density at radius 1 is 1.16 bits per heavy atom. The number of aryl methyl sites for hydroxylation is 2. The van der Waals surface area contributed by atoms with Gasteiger partial charge in [-0.1, -0.05) is 11.3 Å². The number of carbonyl (C=O) groups is 1. The van der Waals surface area contributed by atoms with E-state index in [1.807, 2.05) is 20.9 Å². The molecular formula is C26H28F3N7O2. The molecule has 1 amide bonds. The van der Waals surface area contributed by atoms with Crippen LogP contribution in [-0.2, 0) is 19.8 Å². The van der Waals surface area contributed by atoms with Crippen LogP contribution in [0.2, 0.25) is 0 Å². The first-order valence-corrected chi connectivity index (χ1v) is 11.7. The van der Waals surface area contributed by atoms with Crippen LogP contribution in [0.3, 0.4) is 0 Å². The second kappa shape index (κ2) is 10.3. The zero-order valence-corrected chi connectivity index (χ0v) is 21.9. The Hall–Kier alpha value is -4.19. The van der Waals surface area contributed by atoms with Gasteiger partial charge in [0.1, 0.15) is 11.4 Å². The van der Waals surface area contributed by atoms with Gasteiger partial charge < -0.3 is 15.0 Å². The van der Waals surface area contributed by atoms with Gasteiger partial charge in [0.15, 0.2) is 0 Å². The summed E-state index contributed by atoms with van der Waals surface area (Å²) >= 11 is 0. The summed E-state index contributed by atoms with van der Waals surface area (Å²) in [4.78, 5) is 14.9. The van der Waals surface area contributed by atoms with E-state index in [0.717, 1.165) is 29.0 Å². The van der Waals surface area contributed by atoms with E-state index in [4.69, 9.17) is 4.74 Å². The molecule has 200 valence electrons. The summed E-state index contributed by atoms with van der Waals surface area (Å²) < 4.78 is 49.6. The van der Waals surface area contributed by atoms with Crippen LogP contribution in [0.25, 0.3) is 16.9 Å². The van der Waals surface area contributed by atoms with E-state index in [9.17, 15) is 18.0 Å².